The number of nitrogens with zero attached hydrogens (tertiary/aromatic N) is 1. The smallest absolute Gasteiger partial charge is 0.314 e. The van der Waals surface area contributed by atoms with E-state index in [-0.39, 0.29) is 12.5 Å². The first-order valence-electron chi connectivity index (χ1n) is 9.45. The number of hydrogen-bond acceptors (Lipinski definition) is 2. The minimum absolute atomic E-state index is 0.0848. The van der Waals surface area contributed by atoms with Crippen molar-refractivity contribution in [3.8, 4) is 0 Å². The van der Waals surface area contributed by atoms with E-state index in [0.29, 0.717) is 0 Å². The molecule has 0 saturated carbocycles. The third kappa shape index (κ3) is 3.94. The number of benzene rings is 3. The summed E-state index contributed by atoms with van der Waals surface area (Å²) in [4.78, 5) is 2.22. The molecule has 1 atom stereocenters. The van der Waals surface area contributed by atoms with Gasteiger partial charge in [-0.05, 0) is 39.6 Å². The number of piperazine rings is 1. The summed E-state index contributed by atoms with van der Waals surface area (Å²) in [5.41, 5.74) is 1.04. The Labute approximate surface area is 157 Å². The third-order valence-electron chi connectivity index (χ3n) is 5.44. The van der Waals surface area contributed by atoms with Crippen LogP contribution in [0.2, 0.25) is 0 Å². The van der Waals surface area contributed by atoms with Crippen LogP contribution in [0.5, 0.6) is 0 Å². The lowest BCUT2D eigenvalue weighted by molar-refractivity contribution is -0.138. The fraction of sp³-hybridized carbons (Fsp3) is 0.364. The minimum Gasteiger partial charge on any atom is -0.314 e. The number of fused-ring (bicyclic) bond motifs is 2. The summed E-state index contributed by atoms with van der Waals surface area (Å²) >= 11 is 0. The van der Waals surface area contributed by atoms with Gasteiger partial charge >= 0.3 is 6.18 Å². The molecule has 0 amide bonds. The van der Waals surface area contributed by atoms with Crippen LogP contribution in [0.15, 0.2) is 54.6 Å². The molecule has 27 heavy (non-hydrogen) atoms. The molecule has 1 aliphatic heterocycles. The van der Waals surface area contributed by atoms with E-state index in [1.54, 1.807) is 0 Å². The maximum atomic E-state index is 13.1. The number of nitrogens with one attached hydrogen (secondary N) is 1. The van der Waals surface area contributed by atoms with Crippen molar-refractivity contribution >= 4 is 21.5 Å². The lowest BCUT2D eigenvalue weighted by atomic mass is 9.89. The van der Waals surface area contributed by atoms with Crippen LogP contribution < -0.4 is 5.32 Å². The van der Waals surface area contributed by atoms with Crippen molar-refractivity contribution in [2.75, 3.05) is 26.2 Å². The van der Waals surface area contributed by atoms with E-state index < -0.39 is 12.6 Å². The Morgan fingerprint density at radius 2 is 1.44 bits per heavy atom. The van der Waals surface area contributed by atoms with Gasteiger partial charge in [-0.2, -0.15) is 13.2 Å². The highest BCUT2D eigenvalue weighted by molar-refractivity contribution is 6.02. The topological polar surface area (TPSA) is 15.3 Å². The van der Waals surface area contributed by atoms with Gasteiger partial charge in [0.2, 0.25) is 0 Å². The van der Waals surface area contributed by atoms with Gasteiger partial charge in [0, 0.05) is 38.6 Å². The van der Waals surface area contributed by atoms with Crippen LogP contribution in [0.25, 0.3) is 21.5 Å². The molecule has 1 saturated heterocycles. The molecule has 1 aliphatic rings. The highest BCUT2D eigenvalue weighted by Gasteiger charge is 2.32. The van der Waals surface area contributed by atoms with Crippen LogP contribution in [0.4, 0.5) is 13.2 Å². The van der Waals surface area contributed by atoms with E-state index in [2.05, 4.69) is 16.3 Å². The molecular formula is C22H23F3N2. The summed E-state index contributed by atoms with van der Waals surface area (Å²) in [7, 11) is 0. The molecule has 0 bridgehead atoms. The van der Waals surface area contributed by atoms with Crippen LogP contribution in [-0.2, 0) is 0 Å². The van der Waals surface area contributed by atoms with E-state index in [0.717, 1.165) is 53.3 Å². The van der Waals surface area contributed by atoms with Gasteiger partial charge in [-0.25, -0.2) is 0 Å². The summed E-state index contributed by atoms with van der Waals surface area (Å²) < 4.78 is 39.3. The first-order chi connectivity index (χ1) is 13.0. The summed E-state index contributed by atoms with van der Waals surface area (Å²) in [5.74, 6) is 0. The maximum Gasteiger partial charge on any atom is 0.389 e. The fourth-order valence-corrected chi connectivity index (χ4v) is 4.21. The SMILES string of the molecule is FC(F)(F)CC[C@H](c1c2ccccc2cc2ccccc12)N1CCNCC1. The Hall–Kier alpha value is -2.11. The molecule has 0 unspecified atom stereocenters. The Bertz CT molecular complexity index is 876. The first-order valence-corrected chi connectivity index (χ1v) is 9.45. The molecule has 3 aromatic carbocycles. The van der Waals surface area contributed by atoms with Gasteiger partial charge in [0.15, 0.2) is 0 Å². The van der Waals surface area contributed by atoms with E-state index in [1.807, 2.05) is 48.5 Å². The van der Waals surface area contributed by atoms with Crippen LogP contribution in [0, 0.1) is 0 Å². The highest BCUT2D eigenvalue weighted by Crippen LogP contribution is 2.39. The van der Waals surface area contributed by atoms with E-state index in [1.165, 1.54) is 0 Å². The van der Waals surface area contributed by atoms with Crippen molar-refractivity contribution in [3.63, 3.8) is 0 Å². The second-order valence-electron chi connectivity index (χ2n) is 7.19. The Morgan fingerprint density at radius 1 is 0.889 bits per heavy atom. The molecule has 0 spiro atoms. The van der Waals surface area contributed by atoms with E-state index in [9.17, 15) is 13.2 Å². The molecule has 1 N–H and O–H groups in total. The Morgan fingerprint density at radius 3 is 2.00 bits per heavy atom. The zero-order chi connectivity index (χ0) is 18.9. The molecule has 0 radical (unpaired) electrons. The van der Waals surface area contributed by atoms with Crippen molar-refractivity contribution in [1.29, 1.82) is 0 Å². The van der Waals surface area contributed by atoms with Crippen molar-refractivity contribution in [1.82, 2.24) is 10.2 Å². The highest BCUT2D eigenvalue weighted by atomic mass is 19.4. The van der Waals surface area contributed by atoms with Gasteiger partial charge in [-0.15, -0.1) is 0 Å². The van der Waals surface area contributed by atoms with Crippen molar-refractivity contribution < 1.29 is 13.2 Å². The molecule has 3 aromatic rings. The molecule has 2 nitrogen and oxygen atoms in total. The van der Waals surface area contributed by atoms with Gasteiger partial charge in [-0.1, -0.05) is 48.5 Å². The minimum atomic E-state index is -4.15. The van der Waals surface area contributed by atoms with Gasteiger partial charge in [0.1, 0.15) is 0 Å². The fourth-order valence-electron chi connectivity index (χ4n) is 4.21. The normalized spacial score (nSPS) is 17.4. The summed E-state index contributed by atoms with van der Waals surface area (Å²) in [6, 6.07) is 18.0. The molecule has 5 heteroatoms. The Kier molecular flexibility index (Phi) is 5.06. The van der Waals surface area contributed by atoms with Crippen LogP contribution in [0.3, 0.4) is 0 Å². The molecular weight excluding hydrogens is 349 g/mol. The molecule has 142 valence electrons. The summed E-state index contributed by atoms with van der Waals surface area (Å²) in [5, 5.41) is 7.58. The lowest BCUT2D eigenvalue weighted by Crippen LogP contribution is -2.45. The number of alkyl halides is 3. The zero-order valence-electron chi connectivity index (χ0n) is 15.1. The first kappa shape index (κ1) is 18.3. The second kappa shape index (κ2) is 7.49. The monoisotopic (exact) mass is 372 g/mol. The predicted molar refractivity (Wildman–Crippen MR) is 104 cm³/mol. The average Bonchev–Trinajstić information content (AvgIpc) is 2.67. The lowest BCUT2D eigenvalue weighted by Gasteiger charge is -2.36. The molecule has 1 fully saturated rings. The predicted octanol–water partition coefficient (Wildman–Crippen LogP) is 5.28. The summed E-state index contributed by atoms with van der Waals surface area (Å²) in [6.45, 7) is 3.15. The second-order valence-corrected chi connectivity index (χ2v) is 7.19. The quantitative estimate of drug-likeness (QED) is 0.627. The molecule has 4 rings (SSSR count). The zero-order valence-corrected chi connectivity index (χ0v) is 15.1. The number of rotatable bonds is 4. The van der Waals surface area contributed by atoms with Gasteiger partial charge in [0.05, 0.1) is 0 Å². The van der Waals surface area contributed by atoms with Gasteiger partial charge in [-0.3, -0.25) is 4.90 Å². The van der Waals surface area contributed by atoms with E-state index in [4.69, 9.17) is 0 Å². The van der Waals surface area contributed by atoms with E-state index >= 15 is 0 Å². The summed E-state index contributed by atoms with van der Waals surface area (Å²) in [6.07, 6.45) is -4.83. The van der Waals surface area contributed by atoms with Crippen molar-refractivity contribution in [2.24, 2.45) is 0 Å². The number of halogens is 3. The number of hydrogen-bond donors (Lipinski definition) is 1. The average molecular weight is 372 g/mol. The van der Waals surface area contributed by atoms with Crippen LogP contribution in [0.1, 0.15) is 24.4 Å². The third-order valence-corrected chi connectivity index (χ3v) is 5.44. The largest absolute Gasteiger partial charge is 0.389 e. The molecule has 0 aromatic heterocycles. The Balaban J connectivity index is 1.89. The van der Waals surface area contributed by atoms with Crippen LogP contribution >= 0.6 is 0 Å². The van der Waals surface area contributed by atoms with Gasteiger partial charge < -0.3 is 5.32 Å². The molecule has 1 heterocycles. The van der Waals surface area contributed by atoms with Crippen molar-refractivity contribution in [2.45, 2.75) is 25.1 Å². The standard InChI is InChI=1S/C22H23F3N2/c23-22(24,25)10-9-20(27-13-11-26-12-14-27)21-18-7-3-1-5-16(18)15-17-6-2-4-8-19(17)21/h1-8,15,20,26H,9-14H2/t20-/m1/s1. The van der Waals surface area contributed by atoms with Gasteiger partial charge in [0.25, 0.3) is 0 Å². The van der Waals surface area contributed by atoms with Crippen LogP contribution in [-0.4, -0.2) is 37.3 Å². The van der Waals surface area contributed by atoms with Crippen molar-refractivity contribution in [3.05, 3.63) is 60.2 Å². The maximum absolute atomic E-state index is 13.1. The molecule has 0 aliphatic carbocycles.